The van der Waals surface area contributed by atoms with E-state index >= 15 is 0 Å². The summed E-state index contributed by atoms with van der Waals surface area (Å²) in [5, 5.41) is -0.374. The predicted molar refractivity (Wildman–Crippen MR) is 133 cm³/mol. The van der Waals surface area contributed by atoms with E-state index in [0.29, 0.717) is 12.8 Å². The Morgan fingerprint density at radius 2 is 0.655 bits per heavy atom. The Morgan fingerprint density at radius 3 is 0.862 bits per heavy atom. The van der Waals surface area contributed by atoms with Crippen LogP contribution in [0.25, 0.3) is 0 Å². The molecule has 0 N–H and O–H groups in total. The van der Waals surface area contributed by atoms with Gasteiger partial charge in [0, 0.05) is 12.8 Å². The molecule has 0 aromatic rings. The summed E-state index contributed by atoms with van der Waals surface area (Å²) in [5.41, 5.74) is 0. The van der Waals surface area contributed by atoms with Crippen molar-refractivity contribution in [1.82, 2.24) is 0 Å². The Hall–Kier alpha value is 0.920. The summed E-state index contributed by atoms with van der Waals surface area (Å²) in [6.07, 6.45) is 24.1. The zero-order chi connectivity index (χ0) is 21.3. The van der Waals surface area contributed by atoms with E-state index in [1.165, 1.54) is 89.9 Å². The molecule has 0 heterocycles. The molecule has 29 heavy (non-hydrogen) atoms. The van der Waals surface area contributed by atoms with Gasteiger partial charge in [-0.15, -0.1) is 0 Å². The van der Waals surface area contributed by atoms with E-state index in [4.69, 9.17) is 23.2 Å². The second-order valence-electron chi connectivity index (χ2n) is 7.87. The van der Waals surface area contributed by atoms with E-state index in [9.17, 15) is 9.59 Å². The summed E-state index contributed by atoms with van der Waals surface area (Å²) < 4.78 is 0. The van der Waals surface area contributed by atoms with E-state index in [-0.39, 0.29) is 40.0 Å². The molecule has 0 rings (SSSR count). The van der Waals surface area contributed by atoms with Crippen LogP contribution in [0.4, 0.5) is 0 Å². The van der Waals surface area contributed by atoms with Crippen LogP contribution in [0.5, 0.6) is 0 Å². The van der Waals surface area contributed by atoms with Crippen LogP contribution in [0.15, 0.2) is 0 Å². The van der Waals surface area contributed by atoms with Gasteiger partial charge in [-0.25, -0.2) is 0 Å². The van der Waals surface area contributed by atoms with Gasteiger partial charge in [0.2, 0.25) is 10.5 Å². The first kappa shape index (κ1) is 34.5. The van der Waals surface area contributed by atoms with Crippen molar-refractivity contribution in [2.45, 2.75) is 142 Å². The SMILES string of the molecule is CCCCCCCCCCCC(=O)Cl.CCCCCCCCCCCC(=O)Cl.[NaH]. The van der Waals surface area contributed by atoms with Gasteiger partial charge in [-0.05, 0) is 36.0 Å². The van der Waals surface area contributed by atoms with Gasteiger partial charge in [0.05, 0.1) is 0 Å². The molecular weight excluding hydrogens is 414 g/mol. The third-order valence-corrected chi connectivity index (χ3v) is 5.33. The van der Waals surface area contributed by atoms with Crippen molar-refractivity contribution in [3.8, 4) is 0 Å². The quantitative estimate of drug-likeness (QED) is 0.103. The van der Waals surface area contributed by atoms with Gasteiger partial charge in [-0.3, -0.25) is 9.59 Å². The summed E-state index contributed by atoms with van der Waals surface area (Å²) >= 11 is 10.5. The molecule has 0 fully saturated rings. The molecule has 0 atom stereocenters. The predicted octanol–water partition coefficient (Wildman–Crippen LogP) is 8.70. The fraction of sp³-hybridized carbons (Fsp3) is 0.917. The van der Waals surface area contributed by atoms with Gasteiger partial charge in [0.15, 0.2) is 0 Å². The molecule has 170 valence electrons. The maximum atomic E-state index is 10.4. The van der Waals surface area contributed by atoms with Crippen molar-refractivity contribution in [2.75, 3.05) is 0 Å². The summed E-state index contributed by atoms with van der Waals surface area (Å²) in [5.74, 6) is 0. The number of hydrogen-bond acceptors (Lipinski definition) is 2. The molecule has 0 amide bonds. The molecule has 0 aromatic heterocycles. The van der Waals surface area contributed by atoms with Crippen molar-refractivity contribution in [2.24, 2.45) is 0 Å². The van der Waals surface area contributed by atoms with Crippen molar-refractivity contribution in [1.29, 1.82) is 0 Å². The van der Waals surface area contributed by atoms with Gasteiger partial charge in [-0.2, -0.15) is 0 Å². The van der Waals surface area contributed by atoms with Gasteiger partial charge in [0.25, 0.3) is 0 Å². The maximum absolute atomic E-state index is 10.4. The molecule has 2 nitrogen and oxygen atoms in total. The minimum atomic E-state index is -0.187. The van der Waals surface area contributed by atoms with Gasteiger partial charge < -0.3 is 0 Å². The Bertz CT molecular complexity index is 307. The van der Waals surface area contributed by atoms with E-state index < -0.39 is 0 Å². The average Bonchev–Trinajstić information content (AvgIpc) is 2.65. The van der Waals surface area contributed by atoms with E-state index in [0.717, 1.165) is 25.7 Å². The average molecular weight is 462 g/mol. The number of rotatable bonds is 20. The van der Waals surface area contributed by atoms with Crippen LogP contribution in [-0.2, 0) is 9.59 Å². The van der Waals surface area contributed by atoms with E-state index in [1.807, 2.05) is 0 Å². The van der Waals surface area contributed by atoms with Crippen LogP contribution >= 0.6 is 23.2 Å². The van der Waals surface area contributed by atoms with Gasteiger partial charge >= 0.3 is 29.6 Å². The molecule has 0 aliphatic heterocycles. The van der Waals surface area contributed by atoms with Gasteiger partial charge in [-0.1, -0.05) is 117 Å². The normalized spacial score (nSPS) is 10.1. The first-order valence-electron chi connectivity index (χ1n) is 11.9. The Labute approximate surface area is 213 Å². The van der Waals surface area contributed by atoms with Crippen LogP contribution in [-0.4, -0.2) is 40.0 Å². The summed E-state index contributed by atoms with van der Waals surface area (Å²) in [7, 11) is 0. The number of carbonyl (C=O) groups excluding carboxylic acids is 2. The fourth-order valence-electron chi connectivity index (χ4n) is 3.15. The second kappa shape index (κ2) is 31.1. The Balaban J connectivity index is -0.000000451. The molecule has 0 radical (unpaired) electrons. The van der Waals surface area contributed by atoms with Crippen LogP contribution in [0.3, 0.4) is 0 Å². The standard InChI is InChI=1S/2C12H23ClO.Na.H/c2*1-2-3-4-5-6-7-8-9-10-11-12(13)14;;/h2*2-11H2,1H3;;. The van der Waals surface area contributed by atoms with Crippen molar-refractivity contribution in [3.05, 3.63) is 0 Å². The molecule has 0 saturated carbocycles. The third-order valence-electron chi connectivity index (χ3n) is 4.95. The molecule has 0 aromatic carbocycles. The molecule has 0 bridgehead atoms. The molecule has 0 saturated heterocycles. The summed E-state index contributed by atoms with van der Waals surface area (Å²) in [6, 6.07) is 0. The van der Waals surface area contributed by atoms with Crippen molar-refractivity contribution in [3.63, 3.8) is 0 Å². The first-order valence-corrected chi connectivity index (χ1v) is 12.7. The molecule has 0 aliphatic rings. The number of unbranched alkanes of at least 4 members (excludes halogenated alkanes) is 16. The molecule has 0 aliphatic carbocycles. The van der Waals surface area contributed by atoms with Crippen molar-refractivity contribution >= 4 is 63.2 Å². The summed E-state index contributed by atoms with van der Waals surface area (Å²) in [4.78, 5) is 20.8. The Morgan fingerprint density at radius 1 is 0.448 bits per heavy atom. The van der Waals surface area contributed by atoms with E-state index in [1.54, 1.807) is 0 Å². The molecular formula is C24H47Cl2NaO2. The van der Waals surface area contributed by atoms with Crippen LogP contribution in [0, 0.1) is 0 Å². The molecule has 0 spiro atoms. The molecule has 0 unspecified atom stereocenters. The fourth-order valence-corrected chi connectivity index (χ4v) is 3.42. The second-order valence-corrected chi connectivity index (χ2v) is 8.71. The number of carbonyl (C=O) groups is 2. The van der Waals surface area contributed by atoms with E-state index in [2.05, 4.69) is 13.8 Å². The minimum absolute atomic E-state index is 0. The van der Waals surface area contributed by atoms with Crippen LogP contribution in [0.1, 0.15) is 142 Å². The number of hydrogen-bond donors (Lipinski definition) is 0. The topological polar surface area (TPSA) is 34.1 Å². The van der Waals surface area contributed by atoms with Crippen LogP contribution in [0.2, 0.25) is 0 Å². The number of halogens is 2. The zero-order valence-electron chi connectivity index (χ0n) is 18.7. The Kier molecular flexibility index (Phi) is 37.0. The van der Waals surface area contributed by atoms with Crippen LogP contribution < -0.4 is 0 Å². The third kappa shape index (κ3) is 39.9. The summed E-state index contributed by atoms with van der Waals surface area (Å²) in [6.45, 7) is 4.48. The molecule has 5 heteroatoms. The zero-order valence-corrected chi connectivity index (χ0v) is 20.2. The first-order chi connectivity index (χ1) is 13.5. The van der Waals surface area contributed by atoms with Gasteiger partial charge in [0.1, 0.15) is 0 Å². The monoisotopic (exact) mass is 460 g/mol. The van der Waals surface area contributed by atoms with Crippen molar-refractivity contribution < 1.29 is 9.59 Å².